The molecule has 0 fully saturated rings. The van der Waals surface area contributed by atoms with Gasteiger partial charge in [-0.1, -0.05) is 61.3 Å². The molecule has 1 atom stereocenters. The molecule has 0 radical (unpaired) electrons. The van der Waals surface area contributed by atoms with Gasteiger partial charge in [0.15, 0.2) is 0 Å². The molecule has 3 rings (SSSR count). The Balaban J connectivity index is 2.02. The van der Waals surface area contributed by atoms with Crippen molar-refractivity contribution in [3.63, 3.8) is 0 Å². The summed E-state index contributed by atoms with van der Waals surface area (Å²) >= 11 is 6.01. The lowest BCUT2D eigenvalue weighted by molar-refractivity contribution is -0.384. The summed E-state index contributed by atoms with van der Waals surface area (Å²) in [7, 11) is -4.32. The van der Waals surface area contributed by atoms with Gasteiger partial charge in [-0.05, 0) is 49.2 Å². The van der Waals surface area contributed by atoms with Crippen molar-refractivity contribution in [1.82, 2.24) is 10.2 Å². The van der Waals surface area contributed by atoms with Gasteiger partial charge in [0.05, 0.1) is 15.5 Å². The Morgan fingerprint density at radius 2 is 1.70 bits per heavy atom. The van der Waals surface area contributed by atoms with Crippen molar-refractivity contribution in [1.29, 1.82) is 0 Å². The smallest absolute Gasteiger partial charge is 0.271 e. The fourth-order valence-corrected chi connectivity index (χ4v) is 5.47. The molecule has 40 heavy (non-hydrogen) atoms. The highest BCUT2D eigenvalue weighted by molar-refractivity contribution is 7.92. The van der Waals surface area contributed by atoms with Crippen LogP contribution in [0.3, 0.4) is 0 Å². The molecule has 0 heterocycles. The molecule has 0 unspecified atom stereocenters. The number of carbonyl (C=O) groups is 2. The van der Waals surface area contributed by atoms with Crippen LogP contribution in [0, 0.1) is 10.1 Å². The van der Waals surface area contributed by atoms with Crippen molar-refractivity contribution in [3.8, 4) is 0 Å². The second kappa shape index (κ2) is 13.9. The maximum absolute atomic E-state index is 13.9. The monoisotopic (exact) mass is 586 g/mol. The van der Waals surface area contributed by atoms with Crippen LogP contribution in [0.15, 0.2) is 83.8 Å². The first kappa shape index (κ1) is 30.6. The number of hydrogen-bond acceptors (Lipinski definition) is 6. The highest BCUT2D eigenvalue weighted by Crippen LogP contribution is 2.27. The Morgan fingerprint density at radius 1 is 1.02 bits per heavy atom. The number of amides is 2. The largest absolute Gasteiger partial charge is 0.354 e. The van der Waals surface area contributed by atoms with Crippen molar-refractivity contribution in [2.75, 3.05) is 17.4 Å². The molecule has 0 spiro atoms. The molecule has 3 aromatic carbocycles. The van der Waals surface area contributed by atoms with Crippen LogP contribution in [0.2, 0.25) is 5.02 Å². The number of sulfonamides is 1. The molecule has 212 valence electrons. The number of halogens is 1. The summed E-state index contributed by atoms with van der Waals surface area (Å²) in [6, 6.07) is 18.3. The molecule has 0 aliphatic rings. The number of unbranched alkanes of at least 4 members (excludes halogenated alkanes) is 1. The molecule has 10 nitrogen and oxygen atoms in total. The van der Waals surface area contributed by atoms with Crippen LogP contribution in [-0.2, 0) is 26.2 Å². The minimum Gasteiger partial charge on any atom is -0.354 e. The van der Waals surface area contributed by atoms with E-state index < -0.39 is 33.4 Å². The topological polar surface area (TPSA) is 130 Å². The van der Waals surface area contributed by atoms with Crippen molar-refractivity contribution in [2.24, 2.45) is 0 Å². The number of hydrogen-bond donors (Lipinski definition) is 1. The van der Waals surface area contributed by atoms with Gasteiger partial charge >= 0.3 is 0 Å². The zero-order chi connectivity index (χ0) is 29.3. The Morgan fingerprint density at radius 3 is 2.33 bits per heavy atom. The number of carbonyl (C=O) groups excluding carboxylic acids is 2. The first-order chi connectivity index (χ1) is 19.0. The summed E-state index contributed by atoms with van der Waals surface area (Å²) in [5, 5.41) is 14.7. The van der Waals surface area contributed by atoms with E-state index in [9.17, 15) is 28.1 Å². The molecule has 3 aromatic rings. The van der Waals surface area contributed by atoms with E-state index in [1.54, 1.807) is 37.3 Å². The highest BCUT2D eigenvalue weighted by atomic mass is 35.5. The number of nitro groups is 1. The number of nitro benzene ring substituents is 1. The molecule has 0 bridgehead atoms. The third-order valence-electron chi connectivity index (χ3n) is 6.20. The number of nitrogens with zero attached hydrogens (tertiary/aromatic N) is 3. The van der Waals surface area contributed by atoms with E-state index in [1.807, 2.05) is 6.92 Å². The average Bonchev–Trinajstić information content (AvgIpc) is 2.95. The van der Waals surface area contributed by atoms with Gasteiger partial charge in [-0.2, -0.15) is 0 Å². The standard InChI is InChI=1S/C28H31ClN4O6S/c1-3-4-17-30-28(35)21(2)31(19-22-13-15-23(29)16-14-22)27(34)20-32(24-9-8-10-25(18-24)33(36)37)40(38,39)26-11-6-5-7-12-26/h5-16,18,21H,3-4,17,19-20H2,1-2H3,(H,30,35)/t21-/m0/s1. The van der Waals surface area contributed by atoms with E-state index in [-0.39, 0.29) is 28.7 Å². The summed E-state index contributed by atoms with van der Waals surface area (Å²) in [5.74, 6) is -1.05. The van der Waals surface area contributed by atoms with E-state index in [1.165, 1.54) is 47.4 Å². The van der Waals surface area contributed by atoms with Gasteiger partial charge < -0.3 is 10.2 Å². The third-order valence-corrected chi connectivity index (χ3v) is 8.24. The van der Waals surface area contributed by atoms with Crippen LogP contribution in [0.5, 0.6) is 0 Å². The van der Waals surface area contributed by atoms with Gasteiger partial charge in [-0.3, -0.25) is 24.0 Å². The van der Waals surface area contributed by atoms with Crippen LogP contribution < -0.4 is 9.62 Å². The number of rotatable bonds is 13. The molecule has 0 saturated heterocycles. The van der Waals surface area contributed by atoms with Crippen molar-refractivity contribution >= 4 is 44.8 Å². The number of non-ortho nitro benzene ring substituents is 1. The lowest BCUT2D eigenvalue weighted by Gasteiger charge is -2.32. The third kappa shape index (κ3) is 7.80. The zero-order valence-electron chi connectivity index (χ0n) is 22.2. The van der Waals surface area contributed by atoms with E-state index in [4.69, 9.17) is 11.6 Å². The fraction of sp³-hybridized carbons (Fsp3) is 0.286. The molecule has 0 aliphatic carbocycles. The number of anilines is 1. The average molecular weight is 587 g/mol. The molecule has 0 aliphatic heterocycles. The van der Waals surface area contributed by atoms with Crippen molar-refractivity contribution < 1.29 is 22.9 Å². The molecule has 0 saturated carbocycles. The van der Waals surface area contributed by atoms with E-state index >= 15 is 0 Å². The normalized spacial score (nSPS) is 11.9. The lowest BCUT2D eigenvalue weighted by atomic mass is 10.1. The summed E-state index contributed by atoms with van der Waals surface area (Å²) in [4.78, 5) is 38.8. The summed E-state index contributed by atoms with van der Waals surface area (Å²) in [6.45, 7) is 3.30. The first-order valence-corrected chi connectivity index (χ1v) is 14.5. The van der Waals surface area contributed by atoms with Gasteiger partial charge in [-0.15, -0.1) is 0 Å². The zero-order valence-corrected chi connectivity index (χ0v) is 23.8. The quantitative estimate of drug-likeness (QED) is 0.174. The molecule has 1 N–H and O–H groups in total. The molecule has 2 amide bonds. The van der Waals surface area contributed by atoms with Crippen LogP contribution in [0.4, 0.5) is 11.4 Å². The second-order valence-corrected chi connectivity index (χ2v) is 11.4. The number of benzene rings is 3. The Kier molecular flexibility index (Phi) is 10.6. The lowest BCUT2D eigenvalue weighted by Crippen LogP contribution is -2.51. The minimum absolute atomic E-state index is 0.00648. The molecular formula is C28H31ClN4O6S. The maximum Gasteiger partial charge on any atom is 0.271 e. The van der Waals surface area contributed by atoms with Gasteiger partial charge in [-0.25, -0.2) is 8.42 Å². The Labute approximate surface area is 238 Å². The first-order valence-electron chi connectivity index (χ1n) is 12.7. The predicted octanol–water partition coefficient (Wildman–Crippen LogP) is 4.78. The van der Waals surface area contributed by atoms with Gasteiger partial charge in [0.2, 0.25) is 11.8 Å². The maximum atomic E-state index is 13.9. The van der Waals surface area contributed by atoms with E-state index in [0.29, 0.717) is 17.1 Å². The minimum atomic E-state index is -4.32. The SMILES string of the molecule is CCCCNC(=O)[C@H](C)N(Cc1ccc(Cl)cc1)C(=O)CN(c1cccc([N+](=O)[O-])c1)S(=O)(=O)c1ccccc1. The van der Waals surface area contributed by atoms with Crippen molar-refractivity contribution in [3.05, 3.63) is 99.6 Å². The second-order valence-electron chi connectivity index (χ2n) is 9.07. The Bertz CT molecular complexity index is 1430. The highest BCUT2D eigenvalue weighted by Gasteiger charge is 2.33. The van der Waals surface area contributed by atoms with Crippen LogP contribution in [0.1, 0.15) is 32.3 Å². The van der Waals surface area contributed by atoms with Crippen LogP contribution in [-0.4, -0.2) is 49.2 Å². The van der Waals surface area contributed by atoms with E-state index in [2.05, 4.69) is 5.32 Å². The van der Waals surface area contributed by atoms with Gasteiger partial charge in [0, 0.05) is 30.2 Å². The van der Waals surface area contributed by atoms with E-state index in [0.717, 1.165) is 23.2 Å². The molecule has 12 heteroatoms. The summed E-state index contributed by atoms with van der Waals surface area (Å²) < 4.78 is 28.3. The van der Waals surface area contributed by atoms with Crippen molar-refractivity contribution in [2.45, 2.75) is 44.2 Å². The molecule has 0 aromatic heterocycles. The summed E-state index contributed by atoms with van der Waals surface area (Å²) in [5.41, 5.74) is 0.288. The van der Waals surface area contributed by atoms with Gasteiger partial charge in [0.1, 0.15) is 12.6 Å². The Hall–Kier alpha value is -3.96. The predicted molar refractivity (Wildman–Crippen MR) is 153 cm³/mol. The van der Waals surface area contributed by atoms with Crippen LogP contribution in [0.25, 0.3) is 0 Å². The summed E-state index contributed by atoms with van der Waals surface area (Å²) in [6.07, 6.45) is 1.64. The van der Waals surface area contributed by atoms with Gasteiger partial charge in [0.25, 0.3) is 15.7 Å². The van der Waals surface area contributed by atoms with Crippen LogP contribution >= 0.6 is 11.6 Å². The number of nitrogens with one attached hydrogen (secondary N) is 1. The fourth-order valence-electron chi connectivity index (χ4n) is 3.92. The molecular weight excluding hydrogens is 556 g/mol.